The van der Waals surface area contributed by atoms with Crippen LogP contribution in [-0.2, 0) is 19.8 Å². The highest BCUT2D eigenvalue weighted by molar-refractivity contribution is 5.91. The summed E-state index contributed by atoms with van der Waals surface area (Å²) >= 11 is 0. The molecule has 6 rings (SSSR count). The number of aryl methyl sites for hydroxylation is 1. The van der Waals surface area contributed by atoms with E-state index in [0.29, 0.717) is 41.2 Å². The van der Waals surface area contributed by atoms with E-state index in [1.807, 2.05) is 40.8 Å². The fourth-order valence-electron chi connectivity index (χ4n) is 5.56. The molecule has 1 saturated carbocycles. The minimum absolute atomic E-state index is 0.0319. The molecule has 0 bridgehead atoms. The number of aromatic amines is 1. The van der Waals surface area contributed by atoms with E-state index in [9.17, 15) is 17.6 Å². The Morgan fingerprint density at radius 2 is 2.00 bits per heavy atom. The third kappa shape index (κ3) is 4.49. The lowest BCUT2D eigenvalue weighted by atomic mass is 9.72. The second-order valence-electron chi connectivity index (χ2n) is 10.2. The monoisotopic (exact) mass is 513 g/mol. The van der Waals surface area contributed by atoms with Crippen molar-refractivity contribution in [3.05, 3.63) is 59.3 Å². The minimum Gasteiger partial charge on any atom is -0.320 e. The number of aromatic nitrogens is 6. The fourth-order valence-corrected chi connectivity index (χ4v) is 5.56. The first-order valence-electron chi connectivity index (χ1n) is 12.5. The standard InChI is InChI=1S/C26H27F4N7/c1-36-14-31-35-25(36)21(15-4-2-5-15)16-6-3-7-17(10-16)22-24-23(34-33-22)18(11-20(32-24)26(28,29)30)12-37-9-8-19(27)13-37/h3,6-7,10-11,14-15,19,21H,2,4-5,8-9,12-13H2,1H3,(H,33,34)/t19-,21+/m0/s1. The Morgan fingerprint density at radius 1 is 1.16 bits per heavy atom. The van der Waals surface area contributed by atoms with Crippen LogP contribution in [0.15, 0.2) is 36.7 Å². The predicted octanol–water partition coefficient (Wildman–Crippen LogP) is 5.25. The molecule has 7 nitrogen and oxygen atoms in total. The van der Waals surface area contributed by atoms with Crippen LogP contribution < -0.4 is 0 Å². The summed E-state index contributed by atoms with van der Waals surface area (Å²) in [6.45, 7) is 0.902. The number of hydrogen-bond acceptors (Lipinski definition) is 5. The number of alkyl halides is 4. The summed E-state index contributed by atoms with van der Waals surface area (Å²) in [5.41, 5.74) is 2.10. The molecule has 2 fully saturated rings. The van der Waals surface area contributed by atoms with Crippen molar-refractivity contribution in [3.63, 3.8) is 0 Å². The topological polar surface area (TPSA) is 75.5 Å². The Kier molecular flexibility index (Phi) is 5.97. The van der Waals surface area contributed by atoms with Gasteiger partial charge in [0.25, 0.3) is 0 Å². The molecule has 0 radical (unpaired) electrons. The zero-order chi connectivity index (χ0) is 25.7. The van der Waals surface area contributed by atoms with Crippen LogP contribution in [0.3, 0.4) is 0 Å². The third-order valence-corrected chi connectivity index (χ3v) is 7.67. The Bertz CT molecular complexity index is 1420. The van der Waals surface area contributed by atoms with Gasteiger partial charge in [0, 0.05) is 38.2 Å². The Hall–Kier alpha value is -3.34. The summed E-state index contributed by atoms with van der Waals surface area (Å²) in [5, 5.41) is 15.8. The van der Waals surface area contributed by atoms with Gasteiger partial charge in [0.15, 0.2) is 0 Å². The second-order valence-corrected chi connectivity index (χ2v) is 10.2. The molecule has 0 amide bonds. The van der Waals surface area contributed by atoms with E-state index in [0.717, 1.165) is 36.7 Å². The van der Waals surface area contributed by atoms with Gasteiger partial charge in [-0.15, -0.1) is 10.2 Å². The predicted molar refractivity (Wildman–Crippen MR) is 129 cm³/mol. The maximum Gasteiger partial charge on any atom is 0.433 e. The number of nitrogens with one attached hydrogen (secondary N) is 1. The summed E-state index contributed by atoms with van der Waals surface area (Å²) in [6, 6.07) is 8.78. The quantitative estimate of drug-likeness (QED) is 0.357. The normalized spacial score (nSPS) is 20.0. The van der Waals surface area contributed by atoms with Gasteiger partial charge >= 0.3 is 6.18 Å². The molecule has 194 valence electrons. The van der Waals surface area contributed by atoms with Crippen LogP contribution in [0.1, 0.15) is 54.2 Å². The van der Waals surface area contributed by atoms with E-state index < -0.39 is 18.0 Å². The van der Waals surface area contributed by atoms with Gasteiger partial charge in [-0.2, -0.15) is 18.3 Å². The molecule has 4 aromatic rings. The fraction of sp³-hybridized carbons (Fsp3) is 0.462. The number of halogens is 4. The van der Waals surface area contributed by atoms with E-state index in [-0.39, 0.29) is 24.5 Å². The van der Waals surface area contributed by atoms with E-state index in [1.54, 1.807) is 6.33 Å². The summed E-state index contributed by atoms with van der Waals surface area (Å²) in [6.07, 6.45) is -0.177. The Labute approximate surface area is 210 Å². The van der Waals surface area contributed by atoms with Crippen LogP contribution in [-0.4, -0.2) is 54.1 Å². The average molecular weight is 514 g/mol. The molecule has 2 aliphatic rings. The van der Waals surface area contributed by atoms with Crippen molar-refractivity contribution in [1.82, 2.24) is 34.8 Å². The lowest BCUT2D eigenvalue weighted by molar-refractivity contribution is -0.141. The molecule has 37 heavy (non-hydrogen) atoms. The molecule has 1 aliphatic carbocycles. The summed E-state index contributed by atoms with van der Waals surface area (Å²) in [7, 11) is 1.92. The van der Waals surface area contributed by atoms with Crippen LogP contribution in [0, 0.1) is 5.92 Å². The number of nitrogens with zero attached hydrogens (tertiary/aromatic N) is 6. The number of likely N-dealkylation sites (tertiary alicyclic amines) is 1. The zero-order valence-electron chi connectivity index (χ0n) is 20.3. The number of rotatable bonds is 6. The first-order valence-corrected chi connectivity index (χ1v) is 12.5. The van der Waals surface area contributed by atoms with Gasteiger partial charge in [-0.3, -0.25) is 10.00 Å². The number of hydrogen-bond donors (Lipinski definition) is 1. The van der Waals surface area contributed by atoms with E-state index >= 15 is 0 Å². The Morgan fingerprint density at radius 3 is 2.65 bits per heavy atom. The molecule has 1 N–H and O–H groups in total. The van der Waals surface area contributed by atoms with Crippen LogP contribution in [0.5, 0.6) is 0 Å². The summed E-state index contributed by atoms with van der Waals surface area (Å²) in [4.78, 5) is 5.82. The minimum atomic E-state index is -4.62. The molecule has 1 aromatic carbocycles. The SMILES string of the molecule is Cn1cnnc1[C@@H](c1cccc(-c2n[nH]c3c(CN4CC[C@H](F)C4)cc(C(F)(F)F)nc23)c1)C1CCC1. The van der Waals surface area contributed by atoms with Crippen molar-refractivity contribution >= 4 is 11.0 Å². The van der Waals surface area contributed by atoms with Crippen molar-refractivity contribution in [1.29, 1.82) is 0 Å². The lowest BCUT2D eigenvalue weighted by Crippen LogP contribution is -2.24. The highest BCUT2D eigenvalue weighted by atomic mass is 19.4. The van der Waals surface area contributed by atoms with Crippen LogP contribution in [0.25, 0.3) is 22.3 Å². The van der Waals surface area contributed by atoms with Gasteiger partial charge in [0.05, 0.1) is 5.52 Å². The van der Waals surface area contributed by atoms with Gasteiger partial charge in [-0.1, -0.05) is 24.6 Å². The van der Waals surface area contributed by atoms with Crippen molar-refractivity contribution < 1.29 is 17.6 Å². The van der Waals surface area contributed by atoms with Gasteiger partial charge in [-0.05, 0) is 48.4 Å². The molecular weight excluding hydrogens is 486 g/mol. The largest absolute Gasteiger partial charge is 0.433 e. The highest BCUT2D eigenvalue weighted by Gasteiger charge is 2.36. The smallest absolute Gasteiger partial charge is 0.320 e. The van der Waals surface area contributed by atoms with Gasteiger partial charge in [0.2, 0.25) is 0 Å². The average Bonchev–Trinajstić information content (AvgIpc) is 3.55. The maximum atomic E-state index is 13.8. The van der Waals surface area contributed by atoms with Gasteiger partial charge < -0.3 is 4.57 Å². The number of pyridine rings is 1. The number of H-pyrrole nitrogens is 1. The summed E-state index contributed by atoms with van der Waals surface area (Å²) in [5.74, 6) is 1.32. The van der Waals surface area contributed by atoms with E-state index in [1.165, 1.54) is 0 Å². The van der Waals surface area contributed by atoms with Crippen LogP contribution in [0.4, 0.5) is 17.6 Å². The maximum absolute atomic E-state index is 13.8. The van der Waals surface area contributed by atoms with Crippen LogP contribution in [0.2, 0.25) is 0 Å². The molecule has 1 saturated heterocycles. The number of fused-ring (bicyclic) bond motifs is 1. The molecule has 4 heterocycles. The van der Waals surface area contributed by atoms with Crippen molar-refractivity contribution in [2.45, 2.75) is 50.5 Å². The second kappa shape index (κ2) is 9.20. The molecule has 0 spiro atoms. The van der Waals surface area contributed by atoms with Crippen molar-refractivity contribution in [2.24, 2.45) is 13.0 Å². The molecule has 0 unspecified atom stereocenters. The van der Waals surface area contributed by atoms with Crippen molar-refractivity contribution in [3.8, 4) is 11.3 Å². The molecule has 2 atom stereocenters. The molecule has 3 aromatic heterocycles. The Balaban J connectivity index is 1.43. The van der Waals surface area contributed by atoms with Gasteiger partial charge in [-0.25, -0.2) is 9.37 Å². The third-order valence-electron chi connectivity index (χ3n) is 7.67. The van der Waals surface area contributed by atoms with Gasteiger partial charge in [0.1, 0.15) is 35.2 Å². The zero-order valence-corrected chi connectivity index (χ0v) is 20.3. The molecule has 11 heteroatoms. The highest BCUT2D eigenvalue weighted by Crippen LogP contribution is 2.43. The molecule has 1 aliphatic heterocycles. The van der Waals surface area contributed by atoms with E-state index in [4.69, 9.17) is 0 Å². The van der Waals surface area contributed by atoms with Crippen molar-refractivity contribution in [2.75, 3.05) is 13.1 Å². The first-order chi connectivity index (χ1) is 17.8. The summed E-state index contributed by atoms with van der Waals surface area (Å²) < 4.78 is 57.1. The number of benzene rings is 1. The van der Waals surface area contributed by atoms with Crippen LogP contribution >= 0.6 is 0 Å². The molecular formula is C26H27F4N7. The first kappa shape index (κ1) is 24.0. The van der Waals surface area contributed by atoms with E-state index in [2.05, 4.69) is 25.4 Å². The lowest BCUT2D eigenvalue weighted by Gasteiger charge is -2.33.